The first-order chi connectivity index (χ1) is 7.10. The van der Waals surface area contributed by atoms with Gasteiger partial charge in [0, 0.05) is 12.6 Å². The number of aliphatic imine (C=N–C) groups is 1. The molecule has 0 aromatic heterocycles. The lowest BCUT2D eigenvalue weighted by molar-refractivity contribution is -0.118. The van der Waals surface area contributed by atoms with E-state index in [-0.39, 0.29) is 5.91 Å². The molecule has 0 unspecified atom stereocenters. The summed E-state index contributed by atoms with van der Waals surface area (Å²) < 4.78 is 0. The lowest BCUT2D eigenvalue weighted by Crippen LogP contribution is -2.18. The number of allylic oxidation sites excluding steroid dienone is 4. The van der Waals surface area contributed by atoms with Crippen LogP contribution >= 0.6 is 0 Å². The van der Waals surface area contributed by atoms with Crippen LogP contribution in [0, 0.1) is 0 Å². The third-order valence-electron chi connectivity index (χ3n) is 1.35. The average Bonchev–Trinajstić information content (AvgIpc) is 2.13. The highest BCUT2D eigenvalue weighted by Gasteiger charge is 1.96. The Labute approximate surface area is 89.7 Å². The first-order valence-corrected chi connectivity index (χ1v) is 4.56. The number of carbonyl (C=O) groups excluding carboxylic acids is 1. The van der Waals surface area contributed by atoms with E-state index >= 15 is 0 Å². The third kappa shape index (κ3) is 7.25. The molecule has 0 aromatic carbocycles. The van der Waals surface area contributed by atoms with E-state index in [1.54, 1.807) is 0 Å². The van der Waals surface area contributed by atoms with E-state index in [1.807, 2.05) is 26.0 Å². The van der Waals surface area contributed by atoms with Crippen molar-refractivity contribution < 1.29 is 9.90 Å². The molecule has 0 saturated heterocycles. The number of hydrogen-bond acceptors (Lipinski definition) is 3. The van der Waals surface area contributed by atoms with Crippen molar-refractivity contribution >= 4 is 11.6 Å². The Hall–Kier alpha value is -1.84. The van der Waals surface area contributed by atoms with Crippen LogP contribution in [-0.2, 0) is 4.79 Å². The zero-order valence-corrected chi connectivity index (χ0v) is 9.19. The molecule has 0 heterocycles. The SMILES string of the molecule is C\C=C/C(C)=N\C(=C/C=C/O)NC(C)=O. The Morgan fingerprint density at radius 1 is 1.40 bits per heavy atom. The van der Waals surface area contributed by atoms with Gasteiger partial charge in [0.2, 0.25) is 5.91 Å². The number of nitrogens with zero attached hydrogens (tertiary/aromatic N) is 1. The highest BCUT2D eigenvalue weighted by atomic mass is 16.2. The maximum atomic E-state index is 10.8. The monoisotopic (exact) mass is 208 g/mol. The molecule has 82 valence electrons. The molecule has 0 spiro atoms. The van der Waals surface area contributed by atoms with Crippen LogP contribution < -0.4 is 5.32 Å². The molecule has 0 aliphatic carbocycles. The zero-order chi connectivity index (χ0) is 11.7. The molecular weight excluding hydrogens is 192 g/mol. The quantitative estimate of drug-likeness (QED) is 0.422. The van der Waals surface area contributed by atoms with Gasteiger partial charge in [-0.2, -0.15) is 0 Å². The molecule has 4 heteroatoms. The van der Waals surface area contributed by atoms with Crippen molar-refractivity contribution in [2.75, 3.05) is 0 Å². The second kappa shape index (κ2) is 7.55. The summed E-state index contributed by atoms with van der Waals surface area (Å²) in [5.74, 6) is 0.188. The van der Waals surface area contributed by atoms with Gasteiger partial charge in [0.05, 0.1) is 6.26 Å². The first kappa shape index (κ1) is 13.2. The van der Waals surface area contributed by atoms with Crippen molar-refractivity contribution in [1.82, 2.24) is 5.32 Å². The highest BCUT2D eigenvalue weighted by molar-refractivity contribution is 5.93. The van der Waals surface area contributed by atoms with Gasteiger partial charge in [-0.05, 0) is 32.1 Å². The van der Waals surface area contributed by atoms with Crippen LogP contribution in [0.1, 0.15) is 20.8 Å². The summed E-state index contributed by atoms with van der Waals surface area (Å²) in [4.78, 5) is 15.0. The van der Waals surface area contributed by atoms with E-state index in [0.717, 1.165) is 12.0 Å². The number of carbonyl (C=O) groups is 1. The molecule has 0 aliphatic rings. The third-order valence-corrected chi connectivity index (χ3v) is 1.35. The second-order valence-electron chi connectivity index (χ2n) is 2.83. The molecule has 0 atom stereocenters. The van der Waals surface area contributed by atoms with Crippen molar-refractivity contribution in [1.29, 1.82) is 0 Å². The number of nitrogens with one attached hydrogen (secondary N) is 1. The fourth-order valence-electron chi connectivity index (χ4n) is 0.890. The Morgan fingerprint density at radius 3 is 2.53 bits per heavy atom. The van der Waals surface area contributed by atoms with Crippen LogP contribution in [0.4, 0.5) is 0 Å². The Balaban J connectivity index is 4.78. The molecule has 1 amide bonds. The van der Waals surface area contributed by atoms with Gasteiger partial charge in [-0.3, -0.25) is 4.79 Å². The lowest BCUT2D eigenvalue weighted by Gasteiger charge is -2.01. The molecule has 0 saturated carbocycles. The smallest absolute Gasteiger partial charge is 0.222 e. The average molecular weight is 208 g/mol. The topological polar surface area (TPSA) is 61.7 Å². The van der Waals surface area contributed by atoms with Gasteiger partial charge in [0.25, 0.3) is 0 Å². The Bertz CT molecular complexity index is 325. The molecule has 0 fully saturated rings. The second-order valence-corrected chi connectivity index (χ2v) is 2.83. The minimum Gasteiger partial charge on any atom is -0.516 e. The minimum atomic E-state index is -0.204. The fraction of sp³-hybridized carbons (Fsp3) is 0.273. The molecule has 0 aliphatic heterocycles. The molecular formula is C11H16N2O2. The van der Waals surface area contributed by atoms with Gasteiger partial charge < -0.3 is 10.4 Å². The number of amides is 1. The molecule has 2 N–H and O–H groups in total. The summed E-state index contributed by atoms with van der Waals surface area (Å²) in [6, 6.07) is 0. The van der Waals surface area contributed by atoms with Gasteiger partial charge in [-0.15, -0.1) is 0 Å². The van der Waals surface area contributed by atoms with Gasteiger partial charge in [-0.25, -0.2) is 4.99 Å². The van der Waals surface area contributed by atoms with Crippen LogP contribution in [0.5, 0.6) is 0 Å². The maximum absolute atomic E-state index is 10.8. The van der Waals surface area contributed by atoms with Crippen molar-refractivity contribution in [2.24, 2.45) is 4.99 Å². The van der Waals surface area contributed by atoms with E-state index in [4.69, 9.17) is 5.11 Å². The molecule has 0 bridgehead atoms. The van der Waals surface area contributed by atoms with Gasteiger partial charge in [0.1, 0.15) is 5.82 Å². The van der Waals surface area contributed by atoms with Crippen molar-refractivity contribution in [2.45, 2.75) is 20.8 Å². The lowest BCUT2D eigenvalue weighted by atomic mass is 10.4. The van der Waals surface area contributed by atoms with E-state index < -0.39 is 0 Å². The van der Waals surface area contributed by atoms with Crippen LogP contribution in [0.25, 0.3) is 0 Å². The minimum absolute atomic E-state index is 0.204. The summed E-state index contributed by atoms with van der Waals surface area (Å²) in [5.41, 5.74) is 0.767. The van der Waals surface area contributed by atoms with Crippen molar-refractivity contribution in [3.8, 4) is 0 Å². The van der Waals surface area contributed by atoms with Crippen LogP contribution in [0.3, 0.4) is 0 Å². The van der Waals surface area contributed by atoms with Crippen LogP contribution in [0.2, 0.25) is 0 Å². The molecule has 15 heavy (non-hydrogen) atoms. The van der Waals surface area contributed by atoms with E-state index in [1.165, 1.54) is 19.1 Å². The number of hydrogen-bond donors (Lipinski definition) is 2. The standard InChI is InChI=1S/C11H16N2O2/c1-4-6-9(2)12-11(7-5-8-14)13-10(3)15/h4-8,14H,1-3H3,(H,13,15)/b6-4-,8-5+,11-7+,12-9-. The highest BCUT2D eigenvalue weighted by Crippen LogP contribution is 1.95. The zero-order valence-electron chi connectivity index (χ0n) is 9.19. The van der Waals surface area contributed by atoms with Gasteiger partial charge in [0.15, 0.2) is 0 Å². The summed E-state index contributed by atoms with van der Waals surface area (Å²) in [5, 5.41) is 11.0. The summed E-state index contributed by atoms with van der Waals surface area (Å²) >= 11 is 0. The van der Waals surface area contributed by atoms with Gasteiger partial charge >= 0.3 is 0 Å². The predicted molar refractivity (Wildman–Crippen MR) is 61.6 cm³/mol. The molecule has 4 nitrogen and oxygen atoms in total. The Morgan fingerprint density at radius 2 is 2.07 bits per heavy atom. The molecule has 0 radical (unpaired) electrons. The van der Waals surface area contributed by atoms with E-state index in [9.17, 15) is 4.79 Å². The number of aliphatic hydroxyl groups excluding tert-OH is 1. The summed E-state index contributed by atoms with van der Waals surface area (Å²) in [7, 11) is 0. The molecule has 0 aromatic rings. The van der Waals surface area contributed by atoms with Crippen LogP contribution in [-0.4, -0.2) is 16.7 Å². The van der Waals surface area contributed by atoms with E-state index in [0.29, 0.717) is 5.82 Å². The Kier molecular flexibility index (Phi) is 6.63. The largest absolute Gasteiger partial charge is 0.516 e. The van der Waals surface area contributed by atoms with Gasteiger partial charge in [-0.1, -0.05) is 6.08 Å². The summed E-state index contributed by atoms with van der Waals surface area (Å²) in [6.07, 6.45) is 7.44. The fourth-order valence-corrected chi connectivity index (χ4v) is 0.890. The first-order valence-electron chi connectivity index (χ1n) is 4.56. The van der Waals surface area contributed by atoms with Crippen LogP contribution in [0.15, 0.2) is 41.4 Å². The molecule has 0 rings (SSSR count). The number of rotatable bonds is 4. The van der Waals surface area contributed by atoms with Crippen molar-refractivity contribution in [3.63, 3.8) is 0 Å². The van der Waals surface area contributed by atoms with Crippen molar-refractivity contribution in [3.05, 3.63) is 36.4 Å². The maximum Gasteiger partial charge on any atom is 0.222 e. The predicted octanol–water partition coefficient (Wildman–Crippen LogP) is 2.07. The summed E-state index contributed by atoms with van der Waals surface area (Å²) in [6.45, 7) is 5.10. The number of aliphatic hydroxyl groups is 1. The van der Waals surface area contributed by atoms with E-state index in [2.05, 4.69) is 10.3 Å². The normalized spacial score (nSPS) is 13.8.